The minimum absolute atomic E-state index is 0. The zero-order valence-electron chi connectivity index (χ0n) is 17.7. The van der Waals surface area contributed by atoms with Gasteiger partial charge in [0.15, 0.2) is 0 Å². The molecule has 0 aromatic heterocycles. The van der Waals surface area contributed by atoms with Gasteiger partial charge in [-0.3, -0.25) is 0 Å². The van der Waals surface area contributed by atoms with Crippen LogP contribution in [0, 0.1) is 65.5 Å². The fourth-order valence-corrected chi connectivity index (χ4v) is 2.79. The fourth-order valence-electron chi connectivity index (χ4n) is 1.00. The summed E-state index contributed by atoms with van der Waals surface area (Å²) in [5, 5.41) is 0. The van der Waals surface area contributed by atoms with Gasteiger partial charge >= 0.3 is 197 Å². The molecule has 0 unspecified atom stereocenters. The van der Waals surface area contributed by atoms with Crippen molar-refractivity contribution < 1.29 is 141 Å². The van der Waals surface area contributed by atoms with Crippen molar-refractivity contribution >= 4 is 14.2 Å². The Morgan fingerprint density at radius 1 is 0.815 bits per heavy atom. The van der Waals surface area contributed by atoms with Gasteiger partial charge in [-0.05, 0) is 0 Å². The van der Waals surface area contributed by atoms with Gasteiger partial charge in [0.05, 0.1) is 0 Å². The summed E-state index contributed by atoms with van der Waals surface area (Å²) in [5.74, 6) is 0.0266. The topological polar surface area (TPSA) is 20.3 Å². The van der Waals surface area contributed by atoms with Crippen molar-refractivity contribution in [2.45, 2.75) is 6.92 Å². The van der Waals surface area contributed by atoms with Gasteiger partial charge < -0.3 is 59.4 Å². The first-order valence-electron chi connectivity index (χ1n) is 4.08. The van der Waals surface area contributed by atoms with Crippen LogP contribution < -0.4 is 0 Å². The SMILES string of the molecule is C[C-]=C1C(=O)N(C)C([C-]=[W])=C[C]1=[W].[CH3-].[CH3-].[CH3-].[CH3-].[CH3-].[CH3-].[CH3-].[CH3-].[W]=[W].[W]=[W].[W]=[W]. The van der Waals surface area contributed by atoms with Gasteiger partial charge in [-0.25, -0.2) is 0 Å². The van der Waals surface area contributed by atoms with Crippen LogP contribution in [0.15, 0.2) is 17.3 Å². The van der Waals surface area contributed by atoms with Gasteiger partial charge in [0.25, 0.3) is 0 Å². The maximum atomic E-state index is 11.7. The molecule has 1 heterocycles. The van der Waals surface area contributed by atoms with Crippen LogP contribution in [0.3, 0.4) is 0 Å². The van der Waals surface area contributed by atoms with Crippen LogP contribution in [0.1, 0.15) is 6.92 Å². The van der Waals surface area contributed by atoms with E-state index in [9.17, 15) is 4.79 Å². The van der Waals surface area contributed by atoms with E-state index in [2.05, 4.69) is 10.5 Å². The molecule has 0 spiro atoms. The van der Waals surface area contributed by atoms with Crippen LogP contribution in [-0.4, -0.2) is 26.2 Å². The molecule has 2 nitrogen and oxygen atoms in total. The molecule has 27 heavy (non-hydrogen) atoms. The minimum atomic E-state index is 0. The molecule has 0 bridgehead atoms. The van der Waals surface area contributed by atoms with Crippen molar-refractivity contribution in [3.63, 3.8) is 0 Å². The van der Waals surface area contributed by atoms with E-state index in [1.807, 2.05) is 6.08 Å². The summed E-state index contributed by atoms with van der Waals surface area (Å²) in [6.07, 6.45) is 4.92. The quantitative estimate of drug-likeness (QED) is 0.291. The first-order chi connectivity index (χ1) is 9.11. The fraction of sp³-hybridized carbons (Fsp3) is 0.118. The van der Waals surface area contributed by atoms with Gasteiger partial charge in [-0.15, -0.1) is 0 Å². The van der Waals surface area contributed by atoms with E-state index in [1.165, 1.54) is 38.7 Å². The summed E-state index contributed by atoms with van der Waals surface area (Å²) in [5.41, 5.74) is 1.58. The third-order valence-corrected chi connectivity index (χ3v) is 3.66. The Labute approximate surface area is 252 Å². The predicted octanol–water partition coefficient (Wildman–Crippen LogP) is 3.62. The zero-order chi connectivity index (χ0) is 16.0. The average molecular weight is 1740 g/mol. The van der Waals surface area contributed by atoms with E-state index in [4.69, 9.17) is 0 Å². The molecule has 1 aliphatic heterocycles. The monoisotopic (exact) mass is 1740 g/mol. The van der Waals surface area contributed by atoms with Gasteiger partial charge in [0.2, 0.25) is 0 Å². The number of rotatable bonds is 1. The summed E-state index contributed by atoms with van der Waals surface area (Å²) in [6.45, 7) is 1.77. The molecular formula is C17H31NOW8-10. The molecule has 0 saturated carbocycles. The predicted molar refractivity (Wildman–Crippen MR) is 94.6 cm³/mol. The van der Waals surface area contributed by atoms with Crippen LogP contribution in [0.4, 0.5) is 0 Å². The molecule has 0 aliphatic carbocycles. The Morgan fingerprint density at radius 3 is 1.33 bits per heavy atom. The number of nitrogens with zero attached hydrogens (tertiary/aromatic N) is 1. The van der Waals surface area contributed by atoms with Crippen LogP contribution in [0.2, 0.25) is 0 Å². The van der Waals surface area contributed by atoms with E-state index >= 15 is 0 Å². The van der Waals surface area contributed by atoms with Crippen molar-refractivity contribution in [3.8, 4) is 0 Å². The van der Waals surface area contributed by atoms with Crippen molar-refractivity contribution in [1.82, 2.24) is 4.90 Å². The second kappa shape index (κ2) is 52.2. The number of carbonyl (C=O) groups excluding carboxylic acids is 1. The number of allylic oxidation sites excluding steroid dienone is 3. The first-order valence-corrected chi connectivity index (χ1v) is 40.0. The van der Waals surface area contributed by atoms with Crippen molar-refractivity contribution in [1.29, 1.82) is 0 Å². The molecule has 0 atom stereocenters. The maximum absolute atomic E-state index is 11.7. The van der Waals surface area contributed by atoms with Crippen LogP contribution in [0.5, 0.6) is 0 Å². The number of likely N-dealkylation sites (N-methyl/N-ethyl adjacent to an activating group) is 1. The Hall–Kier alpha value is 4.20. The molecule has 1 amide bonds. The van der Waals surface area contributed by atoms with E-state index in [0.717, 1.165) is 9.59 Å². The zero-order valence-corrected chi connectivity index (χ0v) is 41.2. The van der Waals surface area contributed by atoms with Gasteiger partial charge in [-0.1, -0.05) is 0 Å². The number of carbonyl (C=O) groups is 1. The van der Waals surface area contributed by atoms with Crippen LogP contribution >= 0.6 is 0 Å². The summed E-state index contributed by atoms with van der Waals surface area (Å²) in [4.78, 5) is 13.3. The summed E-state index contributed by atoms with van der Waals surface area (Å²) in [7, 11) is 1.77. The first kappa shape index (κ1) is 69.7. The van der Waals surface area contributed by atoms with Crippen molar-refractivity contribution in [2.24, 2.45) is 0 Å². The van der Waals surface area contributed by atoms with Crippen molar-refractivity contribution in [2.75, 3.05) is 7.05 Å². The Morgan fingerprint density at radius 2 is 1.11 bits per heavy atom. The molecule has 0 aromatic rings. The number of amides is 1. The third kappa shape index (κ3) is 30.2. The molecule has 0 N–H and O–H groups in total. The van der Waals surface area contributed by atoms with E-state index in [-0.39, 0.29) is 65.3 Å². The average Bonchev–Trinajstić information content (AvgIpc) is 2.49. The standard InChI is InChI=1S/C9H7NO.8CH3.8W/c1-4-8-6-5-7(2)10(3)9(8)11;;;;;;;;;;;;;;;;/h5H,1,3H3;8*1H3;;;;;;;;/q-2;8*-1;;;;;;;;. The summed E-state index contributed by atoms with van der Waals surface area (Å²) >= 11 is 12.5. The number of hydrogen-bond acceptors (Lipinski definition) is 1. The molecule has 0 aromatic carbocycles. The normalized spacial score (nSPS) is 10.4. The Kier molecular flexibility index (Phi) is 135. The number of hydrogen-bond donors (Lipinski definition) is 0. The van der Waals surface area contributed by atoms with Crippen molar-refractivity contribution in [3.05, 3.63) is 82.8 Å². The molecule has 0 saturated heterocycles. The molecule has 0 fully saturated rings. The molecular weight excluding hydrogens is 1700 g/mol. The van der Waals surface area contributed by atoms with Crippen LogP contribution in [0.25, 0.3) is 0 Å². The summed E-state index contributed by atoms with van der Waals surface area (Å²) in [6, 6.07) is 0. The Bertz CT molecular complexity index is 394. The summed E-state index contributed by atoms with van der Waals surface area (Å²) < 4.78 is 4.11. The molecule has 1 rings (SSSR count). The Balaban J connectivity index is -0.0000000186. The van der Waals surface area contributed by atoms with Gasteiger partial charge in [-0.2, -0.15) is 0 Å². The van der Waals surface area contributed by atoms with Gasteiger partial charge in [0.1, 0.15) is 0 Å². The molecule has 168 valence electrons. The van der Waals surface area contributed by atoms with E-state index in [1.54, 1.807) is 116 Å². The third-order valence-electron chi connectivity index (χ3n) is 1.75. The molecule has 10 heteroatoms. The van der Waals surface area contributed by atoms with E-state index in [0.29, 0.717) is 5.57 Å². The second-order valence-corrected chi connectivity index (χ2v) is 4.80. The van der Waals surface area contributed by atoms with Gasteiger partial charge in [0, 0.05) is 0 Å². The van der Waals surface area contributed by atoms with E-state index < -0.39 is 0 Å². The van der Waals surface area contributed by atoms with Crippen LogP contribution in [-0.2, 0) is 141 Å². The molecule has 0 radical (unpaired) electrons. The molecule has 1 aliphatic rings. The second-order valence-electron chi connectivity index (χ2n) is 2.49.